The van der Waals surface area contributed by atoms with Crippen LogP contribution in [0.1, 0.15) is 40.5 Å². The standard InChI is InChI=1S/C14H26O3/c1-9-5-13(3)7-17-8-14(4,12(13)16)6-10(2)11(9)15/h9-12,15-16H,5-8H2,1-4H3. The van der Waals surface area contributed by atoms with E-state index in [1.165, 1.54) is 0 Å². The normalized spacial score (nSPS) is 56.1. The van der Waals surface area contributed by atoms with Gasteiger partial charge >= 0.3 is 0 Å². The van der Waals surface area contributed by atoms with Crippen molar-refractivity contribution in [1.29, 1.82) is 0 Å². The van der Waals surface area contributed by atoms with Crippen molar-refractivity contribution in [2.75, 3.05) is 13.2 Å². The summed E-state index contributed by atoms with van der Waals surface area (Å²) in [6.07, 6.45) is 1.06. The fourth-order valence-corrected chi connectivity index (χ4v) is 4.13. The van der Waals surface area contributed by atoms with Gasteiger partial charge in [0.25, 0.3) is 0 Å². The molecule has 1 saturated heterocycles. The molecule has 2 rings (SSSR count). The minimum atomic E-state index is -0.332. The van der Waals surface area contributed by atoms with Crippen molar-refractivity contribution in [1.82, 2.24) is 0 Å². The summed E-state index contributed by atoms with van der Waals surface area (Å²) in [5.74, 6) is 0.437. The molecule has 2 aliphatic rings. The van der Waals surface area contributed by atoms with E-state index in [1.54, 1.807) is 0 Å². The second-order valence-corrected chi connectivity index (χ2v) is 7.06. The summed E-state index contributed by atoms with van der Waals surface area (Å²) in [5.41, 5.74) is -0.429. The third kappa shape index (κ3) is 2.13. The van der Waals surface area contributed by atoms with Crippen LogP contribution in [0.4, 0.5) is 0 Å². The lowest BCUT2D eigenvalue weighted by atomic mass is 9.59. The zero-order valence-electron chi connectivity index (χ0n) is 11.4. The topological polar surface area (TPSA) is 49.7 Å². The molecule has 4 atom stereocenters. The molecule has 0 spiro atoms. The predicted octanol–water partition coefficient (Wildman–Crippen LogP) is 1.82. The van der Waals surface area contributed by atoms with Crippen LogP contribution in [0, 0.1) is 22.7 Å². The van der Waals surface area contributed by atoms with Crippen LogP contribution in [0.25, 0.3) is 0 Å². The average Bonchev–Trinajstić information content (AvgIpc) is 2.24. The van der Waals surface area contributed by atoms with Crippen molar-refractivity contribution in [3.63, 3.8) is 0 Å². The van der Waals surface area contributed by atoms with E-state index in [0.717, 1.165) is 12.8 Å². The van der Waals surface area contributed by atoms with Crippen LogP contribution >= 0.6 is 0 Å². The first-order valence-corrected chi connectivity index (χ1v) is 6.72. The Hall–Kier alpha value is -0.120. The van der Waals surface area contributed by atoms with E-state index >= 15 is 0 Å². The third-order valence-corrected chi connectivity index (χ3v) is 4.93. The highest BCUT2D eigenvalue weighted by Gasteiger charge is 2.52. The van der Waals surface area contributed by atoms with Crippen LogP contribution in [0.2, 0.25) is 0 Å². The maximum Gasteiger partial charge on any atom is 0.0691 e. The zero-order valence-corrected chi connectivity index (χ0v) is 11.4. The van der Waals surface area contributed by atoms with E-state index in [1.807, 2.05) is 0 Å². The lowest BCUT2D eigenvalue weighted by Crippen LogP contribution is -2.57. The Morgan fingerprint density at radius 1 is 0.941 bits per heavy atom. The number of rotatable bonds is 0. The lowest BCUT2D eigenvalue weighted by Gasteiger charge is -2.53. The van der Waals surface area contributed by atoms with Gasteiger partial charge in [0, 0.05) is 10.8 Å². The fraction of sp³-hybridized carbons (Fsp3) is 1.00. The van der Waals surface area contributed by atoms with Crippen molar-refractivity contribution in [3.8, 4) is 0 Å². The largest absolute Gasteiger partial charge is 0.393 e. The summed E-state index contributed by atoms with van der Waals surface area (Å²) in [6, 6.07) is 0. The minimum absolute atomic E-state index is 0.215. The second-order valence-electron chi connectivity index (χ2n) is 7.06. The molecule has 100 valence electrons. The van der Waals surface area contributed by atoms with E-state index in [-0.39, 0.29) is 34.9 Å². The molecule has 1 aliphatic carbocycles. The maximum atomic E-state index is 10.7. The molecule has 2 bridgehead atoms. The molecule has 3 heteroatoms. The first kappa shape index (κ1) is 13.3. The summed E-state index contributed by atoms with van der Waals surface area (Å²) in [4.78, 5) is 0. The molecule has 2 fully saturated rings. The van der Waals surface area contributed by atoms with Crippen molar-refractivity contribution < 1.29 is 14.9 Å². The van der Waals surface area contributed by atoms with Crippen molar-refractivity contribution in [2.24, 2.45) is 22.7 Å². The van der Waals surface area contributed by atoms with Gasteiger partial charge in [0.2, 0.25) is 0 Å². The SMILES string of the molecule is CC1CC2(C)COCC(C)(CC(C)C1O)C2O. The van der Waals surface area contributed by atoms with Gasteiger partial charge in [0.15, 0.2) is 0 Å². The first-order chi connectivity index (χ1) is 7.78. The Morgan fingerprint density at radius 2 is 1.35 bits per heavy atom. The second kappa shape index (κ2) is 4.22. The van der Waals surface area contributed by atoms with Gasteiger partial charge in [-0.1, -0.05) is 27.7 Å². The van der Waals surface area contributed by atoms with Crippen LogP contribution in [-0.2, 0) is 4.74 Å². The van der Waals surface area contributed by atoms with Gasteiger partial charge in [0.1, 0.15) is 0 Å². The Kier molecular flexibility index (Phi) is 3.30. The van der Waals surface area contributed by atoms with E-state index in [0.29, 0.717) is 13.2 Å². The smallest absolute Gasteiger partial charge is 0.0691 e. The number of hydrogen-bond acceptors (Lipinski definition) is 3. The predicted molar refractivity (Wildman–Crippen MR) is 66.6 cm³/mol. The van der Waals surface area contributed by atoms with Crippen molar-refractivity contribution in [3.05, 3.63) is 0 Å². The molecule has 0 aromatic carbocycles. The maximum absolute atomic E-state index is 10.7. The number of fused-ring (bicyclic) bond motifs is 2. The van der Waals surface area contributed by atoms with Gasteiger partial charge in [-0.2, -0.15) is 0 Å². The molecule has 0 aromatic rings. The molecule has 0 amide bonds. The van der Waals surface area contributed by atoms with Gasteiger partial charge in [-0.15, -0.1) is 0 Å². The Balaban J connectivity index is 2.33. The Morgan fingerprint density at radius 3 is 1.76 bits per heavy atom. The molecule has 2 N–H and O–H groups in total. The number of ether oxygens (including phenoxy) is 1. The van der Waals surface area contributed by atoms with Gasteiger partial charge in [-0.05, 0) is 24.7 Å². The number of aliphatic hydroxyl groups excluding tert-OH is 2. The van der Waals surface area contributed by atoms with E-state index in [2.05, 4.69) is 27.7 Å². The van der Waals surface area contributed by atoms with Crippen LogP contribution in [-0.4, -0.2) is 35.6 Å². The molecule has 1 saturated carbocycles. The number of hydrogen-bond donors (Lipinski definition) is 2. The average molecular weight is 242 g/mol. The van der Waals surface area contributed by atoms with Gasteiger partial charge in [0.05, 0.1) is 25.4 Å². The van der Waals surface area contributed by atoms with Gasteiger partial charge < -0.3 is 14.9 Å². The molecule has 0 radical (unpaired) electrons. The first-order valence-electron chi connectivity index (χ1n) is 6.72. The van der Waals surface area contributed by atoms with Crippen LogP contribution < -0.4 is 0 Å². The van der Waals surface area contributed by atoms with Crippen molar-refractivity contribution >= 4 is 0 Å². The Bertz CT molecular complexity index is 267. The fourth-order valence-electron chi connectivity index (χ4n) is 4.13. The highest BCUT2D eigenvalue weighted by molar-refractivity contribution is 5.01. The van der Waals surface area contributed by atoms with E-state index in [9.17, 15) is 10.2 Å². The lowest BCUT2D eigenvalue weighted by molar-refractivity contribution is -0.200. The highest BCUT2D eigenvalue weighted by Crippen LogP contribution is 2.49. The van der Waals surface area contributed by atoms with Gasteiger partial charge in [-0.25, -0.2) is 0 Å². The molecular weight excluding hydrogens is 216 g/mol. The molecule has 4 unspecified atom stereocenters. The van der Waals surface area contributed by atoms with Crippen LogP contribution in [0.5, 0.6) is 0 Å². The molecule has 1 aliphatic heterocycles. The molecule has 3 nitrogen and oxygen atoms in total. The summed E-state index contributed by atoms with van der Waals surface area (Å²) in [6.45, 7) is 9.56. The monoisotopic (exact) mass is 242 g/mol. The zero-order chi connectivity index (χ0) is 12.8. The third-order valence-electron chi connectivity index (χ3n) is 4.93. The quantitative estimate of drug-likeness (QED) is 0.681. The summed E-state index contributed by atoms with van der Waals surface area (Å²) >= 11 is 0. The van der Waals surface area contributed by atoms with Crippen LogP contribution in [0.15, 0.2) is 0 Å². The molecular formula is C14H26O3. The van der Waals surface area contributed by atoms with Gasteiger partial charge in [-0.3, -0.25) is 0 Å². The van der Waals surface area contributed by atoms with Crippen molar-refractivity contribution in [2.45, 2.75) is 52.7 Å². The van der Waals surface area contributed by atoms with E-state index < -0.39 is 0 Å². The summed E-state index contributed by atoms with van der Waals surface area (Å²) < 4.78 is 5.74. The summed E-state index contributed by atoms with van der Waals surface area (Å²) in [5, 5.41) is 21.0. The number of aliphatic hydroxyl groups is 2. The van der Waals surface area contributed by atoms with Crippen LogP contribution in [0.3, 0.4) is 0 Å². The summed E-state index contributed by atoms with van der Waals surface area (Å²) in [7, 11) is 0. The molecule has 17 heavy (non-hydrogen) atoms. The Labute approximate surface area is 104 Å². The highest BCUT2D eigenvalue weighted by atomic mass is 16.5. The molecule has 1 heterocycles. The van der Waals surface area contributed by atoms with E-state index in [4.69, 9.17) is 4.74 Å². The minimum Gasteiger partial charge on any atom is -0.393 e. The molecule has 0 aromatic heterocycles.